The van der Waals surface area contributed by atoms with Gasteiger partial charge in [0, 0.05) is 11.5 Å². The Balaban J connectivity index is 2.24. The van der Waals surface area contributed by atoms with E-state index in [1.807, 2.05) is 43.3 Å². The van der Waals surface area contributed by atoms with Crippen molar-refractivity contribution >= 4 is 12.0 Å². The van der Waals surface area contributed by atoms with E-state index in [4.69, 9.17) is 23.7 Å². The molecular weight excluding hydrogens is 372 g/mol. The summed E-state index contributed by atoms with van der Waals surface area (Å²) in [6.45, 7) is 2.02. The van der Waals surface area contributed by atoms with Gasteiger partial charge in [0.05, 0.1) is 35.5 Å². The molecule has 1 aliphatic rings. The van der Waals surface area contributed by atoms with Crippen LogP contribution in [0.4, 0.5) is 0 Å². The molecule has 0 heterocycles. The van der Waals surface area contributed by atoms with Gasteiger partial charge in [-0.1, -0.05) is 13.0 Å². The molecular formula is C23H26O6. The monoisotopic (exact) mass is 398 g/mol. The summed E-state index contributed by atoms with van der Waals surface area (Å²) in [6, 6.07) is 9.66. The number of esters is 1. The van der Waals surface area contributed by atoms with Gasteiger partial charge in [-0.25, -0.2) is 4.79 Å². The lowest BCUT2D eigenvalue weighted by molar-refractivity contribution is -0.136. The Morgan fingerprint density at radius 1 is 0.793 bits per heavy atom. The smallest absolute Gasteiger partial charge is 0.334 e. The summed E-state index contributed by atoms with van der Waals surface area (Å²) in [5.41, 5.74) is 3.53. The van der Waals surface area contributed by atoms with Gasteiger partial charge < -0.3 is 23.7 Å². The fourth-order valence-electron chi connectivity index (χ4n) is 3.93. The highest BCUT2D eigenvalue weighted by atomic mass is 16.5. The maximum Gasteiger partial charge on any atom is 0.334 e. The van der Waals surface area contributed by atoms with E-state index in [-0.39, 0.29) is 17.8 Å². The molecule has 2 aromatic carbocycles. The molecule has 2 aromatic rings. The Hall–Kier alpha value is -3.15. The molecule has 0 N–H and O–H groups in total. The molecule has 0 bridgehead atoms. The van der Waals surface area contributed by atoms with Crippen LogP contribution in [0.3, 0.4) is 0 Å². The second-order valence-corrected chi connectivity index (χ2v) is 6.81. The van der Waals surface area contributed by atoms with Crippen molar-refractivity contribution in [2.24, 2.45) is 5.92 Å². The zero-order valence-corrected chi connectivity index (χ0v) is 17.6. The average Bonchev–Trinajstić information content (AvgIpc) is 2.76. The fraction of sp³-hybridized carbons (Fsp3) is 0.348. The van der Waals surface area contributed by atoms with E-state index in [1.165, 1.54) is 7.11 Å². The third-order valence-corrected chi connectivity index (χ3v) is 5.41. The molecule has 6 nitrogen and oxygen atoms in total. The predicted molar refractivity (Wildman–Crippen MR) is 110 cm³/mol. The third kappa shape index (κ3) is 3.62. The minimum atomic E-state index is -0.344. The summed E-state index contributed by atoms with van der Waals surface area (Å²) in [4.78, 5) is 12.5. The van der Waals surface area contributed by atoms with Gasteiger partial charge in [-0.3, -0.25) is 0 Å². The molecule has 1 aliphatic carbocycles. The second-order valence-electron chi connectivity index (χ2n) is 6.81. The first kappa shape index (κ1) is 20.6. The van der Waals surface area contributed by atoms with Crippen LogP contribution < -0.4 is 18.9 Å². The molecule has 154 valence electrons. The maximum absolute atomic E-state index is 12.5. The van der Waals surface area contributed by atoms with E-state index in [0.717, 1.165) is 16.7 Å². The molecule has 0 aromatic heterocycles. The average molecular weight is 398 g/mol. The van der Waals surface area contributed by atoms with E-state index in [2.05, 4.69) is 0 Å². The van der Waals surface area contributed by atoms with Gasteiger partial charge in [0.2, 0.25) is 0 Å². The number of ether oxygens (including phenoxy) is 5. The maximum atomic E-state index is 12.5. The number of hydrogen-bond acceptors (Lipinski definition) is 6. The molecule has 2 atom stereocenters. The summed E-state index contributed by atoms with van der Waals surface area (Å²) >= 11 is 0. The minimum absolute atomic E-state index is 0.108. The summed E-state index contributed by atoms with van der Waals surface area (Å²) in [6.07, 6.45) is 1.87. The predicted octanol–water partition coefficient (Wildman–Crippen LogP) is 4.06. The Bertz CT molecular complexity index is 947. The van der Waals surface area contributed by atoms with Crippen LogP contribution in [0, 0.1) is 5.92 Å². The third-order valence-electron chi connectivity index (χ3n) is 5.41. The number of rotatable bonds is 6. The van der Waals surface area contributed by atoms with Crippen LogP contribution in [0.25, 0.3) is 6.08 Å². The quantitative estimate of drug-likeness (QED) is 0.684. The second kappa shape index (κ2) is 8.47. The van der Waals surface area contributed by atoms with Gasteiger partial charge in [-0.15, -0.1) is 0 Å². The number of carbonyl (C=O) groups excluding carboxylic acids is 1. The molecule has 0 unspecified atom stereocenters. The SMILES string of the molecule is COC(=O)C1=Cc2cc(OC)c(OC)cc2[C@@H](c2ccc(OC)c(OC)c2)[C@@H]1C. The van der Waals surface area contributed by atoms with Crippen molar-refractivity contribution in [2.45, 2.75) is 12.8 Å². The number of fused-ring (bicyclic) bond motifs is 1. The fourth-order valence-corrected chi connectivity index (χ4v) is 3.93. The number of methoxy groups -OCH3 is 5. The highest BCUT2D eigenvalue weighted by Gasteiger charge is 2.35. The van der Waals surface area contributed by atoms with Crippen molar-refractivity contribution in [2.75, 3.05) is 35.5 Å². The Morgan fingerprint density at radius 3 is 1.97 bits per heavy atom. The molecule has 3 rings (SSSR count). The van der Waals surface area contributed by atoms with Crippen molar-refractivity contribution in [3.8, 4) is 23.0 Å². The highest BCUT2D eigenvalue weighted by molar-refractivity contribution is 5.96. The van der Waals surface area contributed by atoms with Crippen molar-refractivity contribution < 1.29 is 28.5 Å². The molecule has 0 saturated heterocycles. The van der Waals surface area contributed by atoms with E-state index < -0.39 is 0 Å². The lowest BCUT2D eigenvalue weighted by Crippen LogP contribution is -2.24. The van der Waals surface area contributed by atoms with Crippen molar-refractivity contribution in [1.29, 1.82) is 0 Å². The van der Waals surface area contributed by atoms with Crippen LogP contribution in [0.1, 0.15) is 29.5 Å². The summed E-state index contributed by atoms with van der Waals surface area (Å²) in [5, 5.41) is 0. The molecule has 0 spiro atoms. The lowest BCUT2D eigenvalue weighted by Gasteiger charge is -2.32. The highest BCUT2D eigenvalue weighted by Crippen LogP contribution is 2.47. The van der Waals surface area contributed by atoms with Gasteiger partial charge in [-0.2, -0.15) is 0 Å². The lowest BCUT2D eigenvalue weighted by atomic mass is 9.72. The van der Waals surface area contributed by atoms with Crippen LogP contribution in [0.15, 0.2) is 35.9 Å². The van der Waals surface area contributed by atoms with E-state index in [0.29, 0.717) is 28.6 Å². The van der Waals surface area contributed by atoms with Crippen LogP contribution in [0.5, 0.6) is 23.0 Å². The standard InChI is InChI=1S/C23H26O6/c1-13-16(23(24)29-6)9-15-11-20(27-4)21(28-5)12-17(15)22(13)14-7-8-18(25-2)19(10-14)26-3/h7-13,22H,1-6H3/t13-,22-/m1/s1. The zero-order chi connectivity index (χ0) is 21.1. The molecule has 0 aliphatic heterocycles. The van der Waals surface area contributed by atoms with Gasteiger partial charge in [0.25, 0.3) is 0 Å². The van der Waals surface area contributed by atoms with Crippen LogP contribution in [0.2, 0.25) is 0 Å². The van der Waals surface area contributed by atoms with Crippen molar-refractivity contribution in [3.05, 3.63) is 52.6 Å². The van der Waals surface area contributed by atoms with E-state index in [9.17, 15) is 4.79 Å². The molecule has 29 heavy (non-hydrogen) atoms. The van der Waals surface area contributed by atoms with Crippen LogP contribution >= 0.6 is 0 Å². The first-order chi connectivity index (χ1) is 14.0. The summed E-state index contributed by atoms with van der Waals surface area (Å²) in [7, 11) is 7.80. The molecule has 0 amide bonds. The van der Waals surface area contributed by atoms with Crippen LogP contribution in [-0.2, 0) is 9.53 Å². The van der Waals surface area contributed by atoms with Crippen LogP contribution in [-0.4, -0.2) is 41.5 Å². The van der Waals surface area contributed by atoms with Gasteiger partial charge in [0.1, 0.15) is 0 Å². The Kier molecular flexibility index (Phi) is 6.01. The topological polar surface area (TPSA) is 63.2 Å². The van der Waals surface area contributed by atoms with Crippen molar-refractivity contribution in [1.82, 2.24) is 0 Å². The largest absolute Gasteiger partial charge is 0.493 e. The first-order valence-electron chi connectivity index (χ1n) is 9.26. The Morgan fingerprint density at radius 2 is 1.38 bits per heavy atom. The summed E-state index contributed by atoms with van der Waals surface area (Å²) < 4.78 is 26.9. The Labute approximate surface area is 171 Å². The summed E-state index contributed by atoms with van der Waals surface area (Å²) in [5.74, 6) is 1.95. The normalized spacial score (nSPS) is 17.7. The van der Waals surface area contributed by atoms with E-state index >= 15 is 0 Å². The number of carbonyl (C=O) groups is 1. The number of hydrogen-bond donors (Lipinski definition) is 0. The molecule has 6 heteroatoms. The molecule has 0 radical (unpaired) electrons. The van der Waals surface area contributed by atoms with E-state index in [1.54, 1.807) is 28.4 Å². The number of benzene rings is 2. The first-order valence-corrected chi connectivity index (χ1v) is 9.26. The molecule has 0 fully saturated rings. The molecule has 0 saturated carbocycles. The van der Waals surface area contributed by atoms with Gasteiger partial charge in [0.15, 0.2) is 23.0 Å². The van der Waals surface area contributed by atoms with Gasteiger partial charge in [-0.05, 0) is 52.9 Å². The van der Waals surface area contributed by atoms with Crippen molar-refractivity contribution in [3.63, 3.8) is 0 Å². The zero-order valence-electron chi connectivity index (χ0n) is 17.6. The minimum Gasteiger partial charge on any atom is -0.493 e. The van der Waals surface area contributed by atoms with Gasteiger partial charge >= 0.3 is 5.97 Å².